The Morgan fingerprint density at radius 1 is 1.10 bits per heavy atom. The van der Waals surface area contributed by atoms with Crippen LogP contribution in [-0.2, 0) is 0 Å². The third kappa shape index (κ3) is 3.87. The van der Waals surface area contributed by atoms with E-state index in [1.807, 2.05) is 25.1 Å². The Labute approximate surface area is 174 Å². The molecule has 0 aliphatic carbocycles. The molecule has 6 nitrogen and oxygen atoms in total. The van der Waals surface area contributed by atoms with Gasteiger partial charge in [-0.2, -0.15) is 5.10 Å². The van der Waals surface area contributed by atoms with E-state index in [0.717, 1.165) is 11.3 Å². The minimum atomic E-state index is -0.319. The van der Waals surface area contributed by atoms with Crippen LogP contribution in [0.2, 0.25) is 0 Å². The van der Waals surface area contributed by atoms with Crippen LogP contribution < -0.4 is 14.8 Å². The molecule has 0 bridgehead atoms. The maximum Gasteiger partial charge on any atom is 0.255 e. The van der Waals surface area contributed by atoms with Crippen LogP contribution >= 0.6 is 0 Å². The standard InChI is InChI=1S/C23H24FN3O3/c1-14(2)22(16-4-9-20-21(12-16)30-11-10-29-20)26-23(28)19-13-25-27(15(19)3)18-7-5-17(24)6-8-18/h4-9,12-14,22H,10-11H2,1-3H3,(H,26,28). The zero-order valence-electron chi connectivity index (χ0n) is 17.2. The zero-order valence-corrected chi connectivity index (χ0v) is 17.2. The number of nitrogens with zero attached hydrogens (tertiary/aromatic N) is 2. The van der Waals surface area contributed by atoms with Crippen molar-refractivity contribution in [3.8, 4) is 17.2 Å². The van der Waals surface area contributed by atoms with E-state index in [1.165, 1.54) is 18.3 Å². The Morgan fingerprint density at radius 2 is 1.80 bits per heavy atom. The molecule has 156 valence electrons. The molecular formula is C23H24FN3O3. The van der Waals surface area contributed by atoms with Gasteiger partial charge in [-0.3, -0.25) is 4.79 Å². The highest BCUT2D eigenvalue weighted by Crippen LogP contribution is 2.34. The van der Waals surface area contributed by atoms with Gasteiger partial charge >= 0.3 is 0 Å². The largest absolute Gasteiger partial charge is 0.486 e. The van der Waals surface area contributed by atoms with Crippen molar-refractivity contribution in [1.29, 1.82) is 0 Å². The van der Waals surface area contributed by atoms with Gasteiger partial charge in [-0.05, 0) is 54.8 Å². The van der Waals surface area contributed by atoms with Crippen LogP contribution in [0, 0.1) is 18.7 Å². The Hall–Kier alpha value is -3.35. The fourth-order valence-corrected chi connectivity index (χ4v) is 3.58. The highest BCUT2D eigenvalue weighted by molar-refractivity contribution is 5.95. The Kier molecular flexibility index (Phi) is 5.44. The van der Waals surface area contributed by atoms with Crippen LogP contribution in [0.1, 0.15) is 41.5 Å². The normalized spacial score (nSPS) is 13.9. The molecule has 1 atom stereocenters. The first kappa shape index (κ1) is 19.9. The molecule has 2 heterocycles. The number of carbonyl (C=O) groups excluding carboxylic acids is 1. The lowest BCUT2D eigenvalue weighted by molar-refractivity contribution is 0.0924. The Morgan fingerprint density at radius 3 is 2.50 bits per heavy atom. The number of carbonyl (C=O) groups is 1. The fraction of sp³-hybridized carbons (Fsp3) is 0.304. The number of aromatic nitrogens is 2. The number of rotatable bonds is 5. The van der Waals surface area contributed by atoms with E-state index in [4.69, 9.17) is 9.47 Å². The molecule has 1 N–H and O–H groups in total. The van der Waals surface area contributed by atoms with Crippen molar-refractivity contribution >= 4 is 5.91 Å². The summed E-state index contributed by atoms with van der Waals surface area (Å²) >= 11 is 0. The summed E-state index contributed by atoms with van der Waals surface area (Å²) in [6.45, 7) is 6.97. The Balaban J connectivity index is 1.58. The maximum absolute atomic E-state index is 13.2. The number of ether oxygens (including phenoxy) is 2. The van der Waals surface area contributed by atoms with E-state index >= 15 is 0 Å². The molecule has 1 unspecified atom stereocenters. The zero-order chi connectivity index (χ0) is 21.3. The van der Waals surface area contributed by atoms with Crippen molar-refractivity contribution in [2.24, 2.45) is 5.92 Å². The molecule has 1 aliphatic heterocycles. The highest BCUT2D eigenvalue weighted by atomic mass is 19.1. The van der Waals surface area contributed by atoms with Gasteiger partial charge in [-0.25, -0.2) is 9.07 Å². The van der Waals surface area contributed by atoms with Gasteiger partial charge in [0.05, 0.1) is 29.2 Å². The lowest BCUT2D eigenvalue weighted by atomic mass is 9.95. The van der Waals surface area contributed by atoms with E-state index in [0.29, 0.717) is 35.9 Å². The summed E-state index contributed by atoms with van der Waals surface area (Å²) < 4.78 is 26.1. The van der Waals surface area contributed by atoms with Crippen molar-refractivity contribution in [2.45, 2.75) is 26.8 Å². The van der Waals surface area contributed by atoms with Gasteiger partial charge in [-0.1, -0.05) is 19.9 Å². The van der Waals surface area contributed by atoms with Crippen LogP contribution in [0.5, 0.6) is 11.5 Å². The molecule has 0 fully saturated rings. The summed E-state index contributed by atoms with van der Waals surface area (Å²) in [4.78, 5) is 13.1. The highest BCUT2D eigenvalue weighted by Gasteiger charge is 2.24. The number of halogens is 1. The topological polar surface area (TPSA) is 65.4 Å². The number of hydrogen-bond donors (Lipinski definition) is 1. The lowest BCUT2D eigenvalue weighted by Gasteiger charge is -2.25. The van der Waals surface area contributed by atoms with Crippen LogP contribution in [-0.4, -0.2) is 28.9 Å². The molecule has 0 saturated heterocycles. The first-order valence-corrected chi connectivity index (χ1v) is 9.95. The van der Waals surface area contributed by atoms with E-state index in [1.54, 1.807) is 16.8 Å². The molecule has 2 aromatic carbocycles. The second kappa shape index (κ2) is 8.18. The monoisotopic (exact) mass is 409 g/mol. The van der Waals surface area contributed by atoms with Gasteiger partial charge in [0.25, 0.3) is 5.91 Å². The molecule has 0 saturated carbocycles. The van der Waals surface area contributed by atoms with Gasteiger partial charge in [-0.15, -0.1) is 0 Å². The van der Waals surface area contributed by atoms with Gasteiger partial charge in [0.2, 0.25) is 0 Å². The lowest BCUT2D eigenvalue weighted by Crippen LogP contribution is -2.32. The van der Waals surface area contributed by atoms with Crippen LogP contribution in [0.25, 0.3) is 5.69 Å². The molecule has 7 heteroatoms. The summed E-state index contributed by atoms with van der Waals surface area (Å²) in [5.74, 6) is 1.04. The van der Waals surface area contributed by atoms with Crippen LogP contribution in [0.15, 0.2) is 48.7 Å². The van der Waals surface area contributed by atoms with Crippen molar-refractivity contribution in [3.05, 3.63) is 71.3 Å². The van der Waals surface area contributed by atoms with E-state index < -0.39 is 0 Å². The Bertz CT molecular complexity index is 1060. The summed E-state index contributed by atoms with van der Waals surface area (Å²) in [7, 11) is 0. The van der Waals surface area contributed by atoms with E-state index in [9.17, 15) is 9.18 Å². The predicted molar refractivity (Wildman–Crippen MR) is 111 cm³/mol. The molecule has 0 radical (unpaired) electrons. The molecule has 0 spiro atoms. The fourth-order valence-electron chi connectivity index (χ4n) is 3.58. The third-order valence-corrected chi connectivity index (χ3v) is 5.20. The van der Waals surface area contributed by atoms with Crippen molar-refractivity contribution in [1.82, 2.24) is 15.1 Å². The molecule has 1 amide bonds. The minimum Gasteiger partial charge on any atom is -0.486 e. The minimum absolute atomic E-state index is 0.156. The average Bonchev–Trinajstić information content (AvgIpc) is 3.13. The van der Waals surface area contributed by atoms with E-state index in [2.05, 4.69) is 24.3 Å². The second-order valence-electron chi connectivity index (χ2n) is 7.63. The summed E-state index contributed by atoms with van der Waals surface area (Å²) in [6.07, 6.45) is 1.54. The van der Waals surface area contributed by atoms with Crippen molar-refractivity contribution in [3.63, 3.8) is 0 Å². The molecule has 4 rings (SSSR count). The second-order valence-corrected chi connectivity index (χ2v) is 7.63. The smallest absolute Gasteiger partial charge is 0.255 e. The van der Waals surface area contributed by atoms with Crippen LogP contribution in [0.4, 0.5) is 4.39 Å². The van der Waals surface area contributed by atoms with Gasteiger partial charge in [0.1, 0.15) is 19.0 Å². The average molecular weight is 409 g/mol. The maximum atomic E-state index is 13.2. The van der Waals surface area contributed by atoms with Crippen LogP contribution in [0.3, 0.4) is 0 Å². The SMILES string of the molecule is Cc1c(C(=O)NC(c2ccc3c(c2)OCCO3)C(C)C)cnn1-c1ccc(F)cc1. The van der Waals surface area contributed by atoms with Gasteiger partial charge in [0.15, 0.2) is 11.5 Å². The van der Waals surface area contributed by atoms with Gasteiger partial charge < -0.3 is 14.8 Å². The molecule has 3 aromatic rings. The number of amides is 1. The molecule has 1 aromatic heterocycles. The molecule has 30 heavy (non-hydrogen) atoms. The molecular weight excluding hydrogens is 385 g/mol. The first-order valence-electron chi connectivity index (χ1n) is 9.95. The van der Waals surface area contributed by atoms with E-state index in [-0.39, 0.29) is 23.7 Å². The van der Waals surface area contributed by atoms with Crippen molar-refractivity contribution < 1.29 is 18.7 Å². The number of nitrogens with one attached hydrogen (secondary N) is 1. The molecule has 1 aliphatic rings. The van der Waals surface area contributed by atoms with Gasteiger partial charge in [0, 0.05) is 0 Å². The third-order valence-electron chi connectivity index (χ3n) is 5.20. The first-order chi connectivity index (χ1) is 14.4. The number of benzene rings is 2. The summed E-state index contributed by atoms with van der Waals surface area (Å²) in [5, 5.41) is 7.44. The summed E-state index contributed by atoms with van der Waals surface area (Å²) in [5.41, 5.74) is 2.80. The van der Waals surface area contributed by atoms with Crippen molar-refractivity contribution in [2.75, 3.05) is 13.2 Å². The number of hydrogen-bond acceptors (Lipinski definition) is 4. The predicted octanol–water partition coefficient (Wildman–Crippen LogP) is 4.22. The number of fused-ring (bicyclic) bond motifs is 1. The summed E-state index contributed by atoms with van der Waals surface area (Å²) in [6, 6.07) is 11.5. The quantitative estimate of drug-likeness (QED) is 0.685.